The molecule has 124 valence electrons. The van der Waals surface area contributed by atoms with E-state index in [1.807, 2.05) is 23.6 Å². The van der Waals surface area contributed by atoms with Crippen LogP contribution in [0.3, 0.4) is 0 Å². The number of thiophene rings is 1. The molecule has 6 nitrogen and oxygen atoms in total. The Morgan fingerprint density at radius 1 is 1.38 bits per heavy atom. The van der Waals surface area contributed by atoms with Crippen LogP contribution in [0.15, 0.2) is 35.8 Å². The number of hydrogen-bond donors (Lipinski definition) is 2. The molecular weight excluding hydrogens is 322 g/mol. The van der Waals surface area contributed by atoms with E-state index in [-0.39, 0.29) is 12.1 Å². The fraction of sp³-hybridized carbons (Fsp3) is 0.353. The molecule has 3 rings (SSSR count). The second kappa shape index (κ2) is 7.79. The second-order valence-corrected chi connectivity index (χ2v) is 6.72. The minimum absolute atomic E-state index is 0.113. The molecule has 0 aromatic carbocycles. The van der Waals surface area contributed by atoms with Crippen LogP contribution in [0.4, 0.5) is 10.6 Å². The summed E-state index contributed by atoms with van der Waals surface area (Å²) in [5, 5.41) is 16.7. The monoisotopic (exact) mass is 341 g/mol. The minimum atomic E-state index is -0.113. The van der Waals surface area contributed by atoms with Crippen LogP contribution in [0, 0.1) is 11.3 Å². The van der Waals surface area contributed by atoms with Crippen molar-refractivity contribution >= 4 is 23.2 Å². The van der Waals surface area contributed by atoms with Gasteiger partial charge in [0.05, 0.1) is 12.1 Å². The molecule has 0 bridgehead atoms. The molecule has 0 saturated carbocycles. The summed E-state index contributed by atoms with van der Waals surface area (Å²) in [5.41, 5.74) is 0.567. The number of carbonyl (C=O) groups excluding carboxylic acids is 1. The quantitative estimate of drug-likeness (QED) is 0.895. The highest BCUT2D eigenvalue weighted by molar-refractivity contribution is 7.09. The first kappa shape index (κ1) is 16.3. The molecule has 2 amide bonds. The Labute approximate surface area is 145 Å². The van der Waals surface area contributed by atoms with Gasteiger partial charge < -0.3 is 15.5 Å². The SMILES string of the molecule is N#Cc1ccc(N2CCC(NC(=O)NCc3cccs3)CC2)nc1. The molecule has 24 heavy (non-hydrogen) atoms. The third-order valence-electron chi connectivity index (χ3n) is 4.03. The number of pyridine rings is 1. The normalized spacial score (nSPS) is 14.9. The van der Waals surface area contributed by atoms with Crippen molar-refractivity contribution in [2.75, 3.05) is 18.0 Å². The smallest absolute Gasteiger partial charge is 0.315 e. The van der Waals surface area contributed by atoms with E-state index in [0.29, 0.717) is 12.1 Å². The summed E-state index contributed by atoms with van der Waals surface area (Å²) in [6.07, 6.45) is 3.36. The van der Waals surface area contributed by atoms with Crippen LogP contribution in [0.1, 0.15) is 23.3 Å². The number of nitrogens with one attached hydrogen (secondary N) is 2. The average Bonchev–Trinajstić information content (AvgIpc) is 3.14. The number of amides is 2. The first-order valence-corrected chi connectivity index (χ1v) is 8.80. The van der Waals surface area contributed by atoms with Crippen molar-refractivity contribution in [2.24, 2.45) is 0 Å². The number of piperidine rings is 1. The molecule has 1 saturated heterocycles. The van der Waals surface area contributed by atoms with E-state index in [9.17, 15) is 4.79 Å². The molecule has 1 fully saturated rings. The number of carbonyl (C=O) groups is 1. The molecule has 3 heterocycles. The maximum Gasteiger partial charge on any atom is 0.315 e. The molecular formula is C17H19N5OS. The zero-order valence-electron chi connectivity index (χ0n) is 13.2. The summed E-state index contributed by atoms with van der Waals surface area (Å²) >= 11 is 1.64. The third kappa shape index (κ3) is 4.24. The average molecular weight is 341 g/mol. The van der Waals surface area contributed by atoms with Crippen LogP contribution >= 0.6 is 11.3 Å². The summed E-state index contributed by atoms with van der Waals surface area (Å²) in [4.78, 5) is 19.6. The van der Waals surface area contributed by atoms with Crippen molar-refractivity contribution < 1.29 is 4.79 Å². The summed E-state index contributed by atoms with van der Waals surface area (Å²) in [6.45, 7) is 2.25. The lowest BCUT2D eigenvalue weighted by Crippen LogP contribution is -2.47. The van der Waals surface area contributed by atoms with Crippen molar-refractivity contribution in [3.63, 3.8) is 0 Å². The molecule has 1 aliphatic rings. The lowest BCUT2D eigenvalue weighted by atomic mass is 10.1. The lowest BCUT2D eigenvalue weighted by molar-refractivity contribution is 0.234. The van der Waals surface area contributed by atoms with E-state index in [4.69, 9.17) is 5.26 Å². The first-order valence-electron chi connectivity index (χ1n) is 7.92. The van der Waals surface area contributed by atoms with Gasteiger partial charge in [-0.05, 0) is 36.4 Å². The molecule has 0 radical (unpaired) electrons. The Kier molecular flexibility index (Phi) is 5.29. The summed E-state index contributed by atoms with van der Waals surface area (Å²) in [7, 11) is 0. The van der Waals surface area contributed by atoms with Crippen LogP contribution in [0.2, 0.25) is 0 Å². The molecule has 1 aliphatic heterocycles. The highest BCUT2D eigenvalue weighted by Gasteiger charge is 2.21. The van der Waals surface area contributed by atoms with E-state index in [0.717, 1.165) is 36.6 Å². The Morgan fingerprint density at radius 3 is 2.83 bits per heavy atom. The molecule has 0 atom stereocenters. The zero-order valence-corrected chi connectivity index (χ0v) is 14.1. The molecule has 2 aromatic heterocycles. The molecule has 0 spiro atoms. The van der Waals surface area contributed by atoms with Gasteiger partial charge in [0.2, 0.25) is 0 Å². The van der Waals surface area contributed by atoms with Crippen molar-refractivity contribution in [3.8, 4) is 6.07 Å². The fourth-order valence-corrected chi connectivity index (χ4v) is 3.35. The summed E-state index contributed by atoms with van der Waals surface area (Å²) < 4.78 is 0. The summed E-state index contributed by atoms with van der Waals surface area (Å²) in [6, 6.07) is 9.79. The Morgan fingerprint density at radius 2 is 2.21 bits per heavy atom. The number of nitrogens with zero attached hydrogens (tertiary/aromatic N) is 3. The zero-order chi connectivity index (χ0) is 16.8. The van der Waals surface area contributed by atoms with Crippen LogP contribution in [-0.2, 0) is 6.54 Å². The van der Waals surface area contributed by atoms with Gasteiger partial charge in [-0.3, -0.25) is 0 Å². The fourth-order valence-electron chi connectivity index (χ4n) is 2.71. The van der Waals surface area contributed by atoms with E-state index in [1.54, 1.807) is 23.6 Å². The van der Waals surface area contributed by atoms with E-state index in [1.165, 1.54) is 0 Å². The standard InChI is InChI=1S/C17H19N5OS/c18-10-13-3-4-16(19-11-13)22-7-5-14(6-8-22)21-17(23)20-12-15-2-1-9-24-15/h1-4,9,11,14H,5-8,12H2,(H2,20,21,23). The van der Waals surface area contributed by atoms with Gasteiger partial charge in [-0.1, -0.05) is 6.07 Å². The molecule has 0 unspecified atom stereocenters. The van der Waals surface area contributed by atoms with Gasteiger partial charge in [0, 0.05) is 30.2 Å². The predicted molar refractivity (Wildman–Crippen MR) is 93.9 cm³/mol. The van der Waals surface area contributed by atoms with E-state index < -0.39 is 0 Å². The molecule has 2 aromatic rings. The van der Waals surface area contributed by atoms with Gasteiger partial charge >= 0.3 is 6.03 Å². The summed E-state index contributed by atoms with van der Waals surface area (Å²) in [5.74, 6) is 0.884. The van der Waals surface area contributed by atoms with Crippen molar-refractivity contribution in [1.29, 1.82) is 5.26 Å². The van der Waals surface area contributed by atoms with Crippen LogP contribution < -0.4 is 15.5 Å². The molecule has 7 heteroatoms. The number of hydrogen-bond acceptors (Lipinski definition) is 5. The highest BCUT2D eigenvalue weighted by Crippen LogP contribution is 2.18. The number of rotatable bonds is 4. The highest BCUT2D eigenvalue weighted by atomic mass is 32.1. The number of anilines is 1. The number of urea groups is 1. The first-order chi connectivity index (χ1) is 11.7. The largest absolute Gasteiger partial charge is 0.356 e. The van der Waals surface area contributed by atoms with Crippen molar-refractivity contribution in [3.05, 3.63) is 46.3 Å². The minimum Gasteiger partial charge on any atom is -0.356 e. The molecule has 2 N–H and O–H groups in total. The van der Waals surface area contributed by atoms with Crippen LogP contribution in [-0.4, -0.2) is 30.1 Å². The Balaban J connectivity index is 1.43. The molecule has 0 aliphatic carbocycles. The van der Waals surface area contributed by atoms with E-state index in [2.05, 4.69) is 26.6 Å². The maximum absolute atomic E-state index is 12.0. The number of aromatic nitrogens is 1. The Hall–Kier alpha value is -2.59. The van der Waals surface area contributed by atoms with Crippen molar-refractivity contribution in [1.82, 2.24) is 15.6 Å². The third-order valence-corrected chi connectivity index (χ3v) is 4.91. The van der Waals surface area contributed by atoms with Gasteiger partial charge in [0.1, 0.15) is 11.9 Å². The number of nitriles is 1. The predicted octanol–water partition coefficient (Wildman–Crippen LogP) is 2.48. The Bertz CT molecular complexity index is 700. The second-order valence-electron chi connectivity index (χ2n) is 5.68. The maximum atomic E-state index is 12.0. The van der Waals surface area contributed by atoms with Gasteiger partial charge in [-0.2, -0.15) is 5.26 Å². The van der Waals surface area contributed by atoms with E-state index >= 15 is 0 Å². The van der Waals surface area contributed by atoms with Gasteiger partial charge in [0.15, 0.2) is 0 Å². The topological polar surface area (TPSA) is 81.0 Å². The van der Waals surface area contributed by atoms with Gasteiger partial charge in [-0.25, -0.2) is 9.78 Å². The van der Waals surface area contributed by atoms with Crippen molar-refractivity contribution in [2.45, 2.75) is 25.4 Å². The van der Waals surface area contributed by atoms with Crippen LogP contribution in [0.25, 0.3) is 0 Å². The van der Waals surface area contributed by atoms with Gasteiger partial charge in [0.25, 0.3) is 0 Å². The van der Waals surface area contributed by atoms with Gasteiger partial charge in [-0.15, -0.1) is 11.3 Å². The van der Waals surface area contributed by atoms with Crippen LogP contribution in [0.5, 0.6) is 0 Å². The lowest BCUT2D eigenvalue weighted by Gasteiger charge is -2.33.